The molecule has 1 aromatic carbocycles. The largest absolute Gasteiger partial charge is 0.481 e. The Morgan fingerprint density at radius 2 is 2.10 bits per heavy atom. The molecule has 108 valence electrons. The van der Waals surface area contributed by atoms with E-state index in [1.54, 1.807) is 24.3 Å². The number of carboxylic acids is 1. The average molecular weight is 279 g/mol. The molecule has 0 spiro atoms. The summed E-state index contributed by atoms with van der Waals surface area (Å²) in [6.45, 7) is 3.52. The number of hydrogen-bond donors (Lipinski definition) is 2. The summed E-state index contributed by atoms with van der Waals surface area (Å²) in [6, 6.07) is 5.51. The molecule has 1 aromatic rings. The molecule has 1 atom stereocenters. The Kier molecular flexibility index (Phi) is 6.43. The minimum absolute atomic E-state index is 0.152. The molecule has 0 radical (unpaired) electrons. The van der Waals surface area contributed by atoms with Gasteiger partial charge in [0.05, 0.1) is 6.42 Å². The Hall–Kier alpha value is -2.17. The molecule has 0 unspecified atom stereocenters. The monoisotopic (exact) mass is 279 g/mol. The van der Waals surface area contributed by atoms with Crippen LogP contribution in [0.15, 0.2) is 36.9 Å². The fraction of sp³-hybridized carbons (Fsp3) is 0.333. The lowest BCUT2D eigenvalue weighted by Crippen LogP contribution is -2.38. The van der Waals surface area contributed by atoms with Crippen molar-refractivity contribution in [2.45, 2.75) is 31.7 Å². The van der Waals surface area contributed by atoms with Crippen molar-refractivity contribution in [3.8, 4) is 0 Å². The maximum Gasteiger partial charge on any atom is 0.305 e. The van der Waals surface area contributed by atoms with Crippen LogP contribution < -0.4 is 5.32 Å². The summed E-state index contributed by atoms with van der Waals surface area (Å²) in [4.78, 5) is 22.4. The Balaban J connectivity index is 2.69. The van der Waals surface area contributed by atoms with Crippen LogP contribution in [0.25, 0.3) is 0 Å². The lowest BCUT2D eigenvalue weighted by Gasteiger charge is -2.17. The minimum Gasteiger partial charge on any atom is -0.481 e. The second-order valence-electron chi connectivity index (χ2n) is 4.49. The number of halogens is 1. The Morgan fingerprint density at radius 3 is 2.70 bits per heavy atom. The van der Waals surface area contributed by atoms with Gasteiger partial charge >= 0.3 is 5.97 Å². The van der Waals surface area contributed by atoms with E-state index in [-0.39, 0.29) is 25.2 Å². The number of carboxylic acid groups (broad SMARTS) is 1. The van der Waals surface area contributed by atoms with Crippen LogP contribution in [0, 0.1) is 5.82 Å². The molecule has 0 saturated carbocycles. The summed E-state index contributed by atoms with van der Waals surface area (Å²) in [5.74, 6) is -1.69. The number of aliphatic carboxylic acids is 1. The van der Waals surface area contributed by atoms with Gasteiger partial charge in [0.2, 0.25) is 5.91 Å². The molecule has 0 aliphatic heterocycles. The van der Waals surface area contributed by atoms with Crippen molar-refractivity contribution < 1.29 is 19.1 Å². The summed E-state index contributed by atoms with van der Waals surface area (Å²) in [5, 5.41) is 11.5. The third-order valence-electron chi connectivity index (χ3n) is 2.79. The molecule has 0 bridgehead atoms. The fourth-order valence-corrected chi connectivity index (χ4v) is 1.85. The number of amides is 1. The number of carbonyl (C=O) groups is 2. The molecule has 0 heterocycles. The molecule has 0 aliphatic carbocycles. The van der Waals surface area contributed by atoms with E-state index in [4.69, 9.17) is 5.11 Å². The van der Waals surface area contributed by atoms with Gasteiger partial charge in [0.15, 0.2) is 0 Å². The highest BCUT2D eigenvalue weighted by Crippen LogP contribution is 2.11. The van der Waals surface area contributed by atoms with Crippen molar-refractivity contribution in [1.82, 2.24) is 5.32 Å². The maximum atomic E-state index is 13.6. The van der Waals surface area contributed by atoms with Crippen LogP contribution in [0.4, 0.5) is 4.39 Å². The van der Waals surface area contributed by atoms with E-state index in [9.17, 15) is 14.0 Å². The van der Waals surface area contributed by atoms with Crippen molar-refractivity contribution in [2.24, 2.45) is 0 Å². The highest BCUT2D eigenvalue weighted by atomic mass is 19.1. The first-order chi connectivity index (χ1) is 9.52. The number of hydrogen-bond acceptors (Lipinski definition) is 2. The lowest BCUT2D eigenvalue weighted by molar-refractivity contribution is -0.137. The zero-order chi connectivity index (χ0) is 15.0. The van der Waals surface area contributed by atoms with Crippen molar-refractivity contribution in [1.29, 1.82) is 0 Å². The smallest absolute Gasteiger partial charge is 0.305 e. The molecule has 0 saturated heterocycles. The molecule has 1 rings (SSSR count). The Morgan fingerprint density at radius 1 is 1.40 bits per heavy atom. The molecular weight excluding hydrogens is 261 g/mol. The number of benzene rings is 1. The zero-order valence-corrected chi connectivity index (χ0v) is 11.1. The van der Waals surface area contributed by atoms with E-state index < -0.39 is 17.8 Å². The van der Waals surface area contributed by atoms with E-state index >= 15 is 0 Å². The van der Waals surface area contributed by atoms with Gasteiger partial charge in [0, 0.05) is 12.5 Å². The average Bonchev–Trinajstić information content (AvgIpc) is 2.38. The second-order valence-corrected chi connectivity index (χ2v) is 4.49. The molecule has 0 aromatic heterocycles. The van der Waals surface area contributed by atoms with Crippen molar-refractivity contribution in [3.05, 3.63) is 48.3 Å². The zero-order valence-electron chi connectivity index (χ0n) is 11.1. The van der Waals surface area contributed by atoms with Crippen molar-refractivity contribution in [2.75, 3.05) is 0 Å². The SMILES string of the molecule is C=CCCC(=O)N[C@H](CC(=O)O)Cc1ccccc1F. The van der Waals surface area contributed by atoms with Crippen LogP contribution in [0.3, 0.4) is 0 Å². The summed E-state index contributed by atoms with van der Waals surface area (Å²) < 4.78 is 13.6. The quantitative estimate of drug-likeness (QED) is 0.717. The minimum atomic E-state index is -1.03. The van der Waals surface area contributed by atoms with Gasteiger partial charge in [-0.15, -0.1) is 6.58 Å². The fourth-order valence-electron chi connectivity index (χ4n) is 1.85. The van der Waals surface area contributed by atoms with Gasteiger partial charge in [-0.2, -0.15) is 0 Å². The van der Waals surface area contributed by atoms with Crippen LogP contribution in [0.2, 0.25) is 0 Å². The van der Waals surface area contributed by atoms with Gasteiger partial charge in [-0.05, 0) is 24.5 Å². The van der Waals surface area contributed by atoms with Crippen molar-refractivity contribution in [3.63, 3.8) is 0 Å². The van der Waals surface area contributed by atoms with Crippen molar-refractivity contribution >= 4 is 11.9 Å². The van der Waals surface area contributed by atoms with Crippen LogP contribution in [0.1, 0.15) is 24.8 Å². The van der Waals surface area contributed by atoms with E-state index in [1.807, 2.05) is 0 Å². The number of rotatable bonds is 8. The van der Waals surface area contributed by atoms with Gasteiger partial charge in [0.25, 0.3) is 0 Å². The summed E-state index contributed by atoms with van der Waals surface area (Å²) in [7, 11) is 0. The van der Waals surface area contributed by atoms with Crippen LogP contribution in [0.5, 0.6) is 0 Å². The molecule has 1 amide bonds. The van der Waals surface area contributed by atoms with E-state index in [0.29, 0.717) is 12.0 Å². The molecule has 2 N–H and O–H groups in total. The van der Waals surface area contributed by atoms with E-state index in [2.05, 4.69) is 11.9 Å². The predicted octanol–water partition coefficient (Wildman–Crippen LogP) is 2.29. The molecule has 0 aliphatic rings. The highest BCUT2D eigenvalue weighted by Gasteiger charge is 2.17. The van der Waals surface area contributed by atoms with E-state index in [1.165, 1.54) is 6.07 Å². The van der Waals surface area contributed by atoms with Crippen LogP contribution in [-0.2, 0) is 16.0 Å². The topological polar surface area (TPSA) is 66.4 Å². The standard InChI is InChI=1S/C15H18FNO3/c1-2-3-8-14(18)17-12(10-15(19)20)9-11-6-4-5-7-13(11)16/h2,4-7,12H,1,3,8-10H2,(H,17,18)(H,19,20)/t12-/m0/s1. The van der Waals surface area contributed by atoms with Gasteiger partial charge in [0.1, 0.15) is 5.82 Å². The molecule has 4 nitrogen and oxygen atoms in total. The molecular formula is C15H18FNO3. The first-order valence-corrected chi connectivity index (χ1v) is 6.38. The highest BCUT2D eigenvalue weighted by molar-refractivity contribution is 5.77. The van der Waals surface area contributed by atoms with Crippen LogP contribution >= 0.6 is 0 Å². The van der Waals surface area contributed by atoms with Gasteiger partial charge < -0.3 is 10.4 Å². The summed E-state index contributed by atoms with van der Waals surface area (Å²) >= 11 is 0. The molecule has 5 heteroatoms. The maximum absolute atomic E-state index is 13.6. The molecule has 0 fully saturated rings. The second kappa shape index (κ2) is 8.09. The lowest BCUT2D eigenvalue weighted by atomic mass is 10.0. The number of allylic oxidation sites excluding steroid dienone is 1. The third-order valence-corrected chi connectivity index (χ3v) is 2.79. The van der Waals surface area contributed by atoms with E-state index in [0.717, 1.165) is 0 Å². The summed E-state index contributed by atoms with van der Waals surface area (Å²) in [5.41, 5.74) is 0.391. The predicted molar refractivity (Wildman–Crippen MR) is 73.7 cm³/mol. The molecule has 20 heavy (non-hydrogen) atoms. The van der Waals surface area contributed by atoms with Gasteiger partial charge in [-0.3, -0.25) is 9.59 Å². The van der Waals surface area contributed by atoms with Gasteiger partial charge in [-0.1, -0.05) is 24.3 Å². The van der Waals surface area contributed by atoms with Gasteiger partial charge in [-0.25, -0.2) is 4.39 Å². The number of nitrogens with one attached hydrogen (secondary N) is 1. The Bertz CT molecular complexity index is 488. The first-order valence-electron chi connectivity index (χ1n) is 6.38. The third kappa shape index (κ3) is 5.65. The summed E-state index contributed by atoms with van der Waals surface area (Å²) in [6.07, 6.45) is 2.29. The number of carbonyl (C=O) groups excluding carboxylic acids is 1. The van der Waals surface area contributed by atoms with Crippen LogP contribution in [-0.4, -0.2) is 23.0 Å². The Labute approximate surface area is 117 Å². The normalized spacial score (nSPS) is 11.7. The first kappa shape index (κ1) is 15.9.